The van der Waals surface area contributed by atoms with Crippen molar-refractivity contribution in [2.24, 2.45) is 5.92 Å². The van der Waals surface area contributed by atoms with Crippen LogP contribution in [0.4, 0.5) is 0 Å². The molecule has 0 aliphatic heterocycles. The van der Waals surface area contributed by atoms with E-state index < -0.39 is 0 Å². The van der Waals surface area contributed by atoms with Crippen LogP contribution in [0, 0.1) is 5.92 Å². The Bertz CT molecular complexity index is 408. The summed E-state index contributed by atoms with van der Waals surface area (Å²) in [5.74, 6) is 1.77. The van der Waals surface area contributed by atoms with E-state index in [2.05, 4.69) is 19.2 Å². The molecule has 2 nitrogen and oxygen atoms in total. The third kappa shape index (κ3) is 4.39. The molecule has 2 unspecified atom stereocenters. The molecule has 0 bridgehead atoms. The van der Waals surface area contributed by atoms with E-state index in [1.165, 1.54) is 25.7 Å². The van der Waals surface area contributed by atoms with Gasteiger partial charge >= 0.3 is 0 Å². The highest BCUT2D eigenvalue weighted by molar-refractivity contribution is 6.30. The van der Waals surface area contributed by atoms with Gasteiger partial charge in [-0.15, -0.1) is 0 Å². The van der Waals surface area contributed by atoms with Crippen molar-refractivity contribution >= 4 is 11.6 Å². The van der Waals surface area contributed by atoms with Crippen LogP contribution in [0.5, 0.6) is 5.75 Å². The average Bonchev–Trinajstić information content (AvgIpc) is 2.39. The molecule has 0 saturated heterocycles. The third-order valence-electron chi connectivity index (χ3n) is 3.77. The van der Waals surface area contributed by atoms with Gasteiger partial charge < -0.3 is 10.1 Å². The fraction of sp³-hybridized carbons (Fsp3) is 0.625. The van der Waals surface area contributed by atoms with Gasteiger partial charge in [-0.1, -0.05) is 31.9 Å². The Kier molecular flexibility index (Phi) is 5.53. The lowest BCUT2D eigenvalue weighted by atomic mass is 9.88. The van der Waals surface area contributed by atoms with Gasteiger partial charge in [0.1, 0.15) is 5.75 Å². The monoisotopic (exact) mass is 281 g/mol. The zero-order chi connectivity index (χ0) is 13.7. The van der Waals surface area contributed by atoms with E-state index in [9.17, 15) is 0 Å². The third-order valence-corrected chi connectivity index (χ3v) is 4.01. The Hall–Kier alpha value is -0.730. The second-order valence-corrected chi connectivity index (χ2v) is 5.98. The Balaban J connectivity index is 2.05. The quantitative estimate of drug-likeness (QED) is 0.863. The molecule has 0 radical (unpaired) electrons. The van der Waals surface area contributed by atoms with Crippen LogP contribution in [0.1, 0.15) is 45.1 Å². The molecule has 2 rings (SSSR count). The number of halogens is 1. The first-order chi connectivity index (χ1) is 9.19. The molecule has 0 spiro atoms. The van der Waals surface area contributed by atoms with Crippen LogP contribution in [0.3, 0.4) is 0 Å². The summed E-state index contributed by atoms with van der Waals surface area (Å²) in [6.07, 6.45) is 5.33. The highest BCUT2D eigenvalue weighted by atomic mass is 35.5. The van der Waals surface area contributed by atoms with Crippen molar-refractivity contribution < 1.29 is 4.74 Å². The first-order valence-corrected chi connectivity index (χ1v) is 7.72. The SMILES string of the molecule is CCNCc1cc(Cl)ccc1OC1CCCC(C)C1. The molecule has 1 saturated carbocycles. The van der Waals surface area contributed by atoms with E-state index in [1.54, 1.807) is 0 Å². The molecular weight excluding hydrogens is 258 g/mol. The molecule has 3 heteroatoms. The molecule has 0 aromatic heterocycles. The van der Waals surface area contributed by atoms with E-state index in [1.807, 2.05) is 18.2 Å². The first-order valence-electron chi connectivity index (χ1n) is 7.34. The van der Waals surface area contributed by atoms with Crippen LogP contribution in [0.25, 0.3) is 0 Å². The van der Waals surface area contributed by atoms with Crippen LogP contribution >= 0.6 is 11.6 Å². The zero-order valence-corrected chi connectivity index (χ0v) is 12.7. The molecule has 1 aromatic rings. The highest BCUT2D eigenvalue weighted by Gasteiger charge is 2.21. The van der Waals surface area contributed by atoms with Gasteiger partial charge in [-0.2, -0.15) is 0 Å². The zero-order valence-electron chi connectivity index (χ0n) is 11.9. The van der Waals surface area contributed by atoms with Gasteiger partial charge in [-0.05, 0) is 49.9 Å². The minimum atomic E-state index is 0.366. The summed E-state index contributed by atoms with van der Waals surface area (Å²) in [5.41, 5.74) is 1.16. The maximum Gasteiger partial charge on any atom is 0.124 e. The summed E-state index contributed by atoms with van der Waals surface area (Å²) in [6.45, 7) is 6.19. The van der Waals surface area contributed by atoms with Gasteiger partial charge in [0.05, 0.1) is 6.10 Å². The number of rotatable bonds is 5. The lowest BCUT2D eigenvalue weighted by Gasteiger charge is -2.28. The molecule has 1 N–H and O–H groups in total. The van der Waals surface area contributed by atoms with Gasteiger partial charge in [0, 0.05) is 17.1 Å². The van der Waals surface area contributed by atoms with E-state index in [0.29, 0.717) is 6.10 Å². The molecule has 19 heavy (non-hydrogen) atoms. The number of ether oxygens (including phenoxy) is 1. The van der Waals surface area contributed by atoms with Gasteiger partial charge in [-0.25, -0.2) is 0 Å². The Morgan fingerprint density at radius 1 is 1.37 bits per heavy atom. The number of hydrogen-bond acceptors (Lipinski definition) is 2. The summed E-state index contributed by atoms with van der Waals surface area (Å²) in [7, 11) is 0. The molecular formula is C16H24ClNO. The van der Waals surface area contributed by atoms with Crippen molar-refractivity contribution in [2.45, 2.75) is 52.2 Å². The minimum Gasteiger partial charge on any atom is -0.490 e. The molecule has 1 aliphatic carbocycles. The standard InChI is InChI=1S/C16H24ClNO/c1-3-18-11-13-10-14(17)7-8-16(13)19-15-6-4-5-12(2)9-15/h7-8,10,12,15,18H,3-6,9,11H2,1-2H3. The smallest absolute Gasteiger partial charge is 0.124 e. The predicted molar refractivity (Wildman–Crippen MR) is 80.9 cm³/mol. The van der Waals surface area contributed by atoms with Crippen LogP contribution in [0.15, 0.2) is 18.2 Å². The Morgan fingerprint density at radius 3 is 2.95 bits per heavy atom. The lowest BCUT2D eigenvalue weighted by Crippen LogP contribution is -2.25. The van der Waals surface area contributed by atoms with E-state index in [-0.39, 0.29) is 0 Å². The fourth-order valence-electron chi connectivity index (χ4n) is 2.73. The van der Waals surface area contributed by atoms with E-state index in [4.69, 9.17) is 16.3 Å². The van der Waals surface area contributed by atoms with Gasteiger partial charge in [0.15, 0.2) is 0 Å². The minimum absolute atomic E-state index is 0.366. The van der Waals surface area contributed by atoms with Crippen LogP contribution < -0.4 is 10.1 Å². The number of nitrogens with one attached hydrogen (secondary N) is 1. The molecule has 0 heterocycles. The van der Waals surface area contributed by atoms with Crippen molar-refractivity contribution in [1.82, 2.24) is 5.32 Å². The summed E-state index contributed by atoms with van der Waals surface area (Å²) in [4.78, 5) is 0. The van der Waals surface area contributed by atoms with Crippen molar-refractivity contribution in [2.75, 3.05) is 6.54 Å². The maximum atomic E-state index is 6.21. The molecule has 1 aliphatic rings. The Labute approximate surface area is 121 Å². The number of hydrogen-bond donors (Lipinski definition) is 1. The molecule has 1 fully saturated rings. The van der Waals surface area contributed by atoms with Crippen molar-refractivity contribution in [3.05, 3.63) is 28.8 Å². The largest absolute Gasteiger partial charge is 0.490 e. The lowest BCUT2D eigenvalue weighted by molar-refractivity contribution is 0.128. The van der Waals surface area contributed by atoms with Gasteiger partial charge in [0.25, 0.3) is 0 Å². The molecule has 2 atom stereocenters. The fourth-order valence-corrected chi connectivity index (χ4v) is 2.92. The van der Waals surface area contributed by atoms with E-state index >= 15 is 0 Å². The van der Waals surface area contributed by atoms with Gasteiger partial charge in [-0.3, -0.25) is 0 Å². The molecule has 0 amide bonds. The summed E-state index contributed by atoms with van der Waals surface area (Å²) in [5, 5.41) is 4.11. The van der Waals surface area contributed by atoms with Crippen LogP contribution in [0.2, 0.25) is 5.02 Å². The summed E-state index contributed by atoms with van der Waals surface area (Å²) in [6, 6.07) is 5.93. The van der Waals surface area contributed by atoms with Crippen molar-refractivity contribution in [1.29, 1.82) is 0 Å². The maximum absolute atomic E-state index is 6.21. The van der Waals surface area contributed by atoms with Crippen molar-refractivity contribution in [3.8, 4) is 5.75 Å². The molecule has 106 valence electrons. The predicted octanol–water partition coefficient (Wildman–Crippen LogP) is 4.41. The highest BCUT2D eigenvalue weighted by Crippen LogP contribution is 2.30. The average molecular weight is 282 g/mol. The van der Waals surface area contributed by atoms with Crippen molar-refractivity contribution in [3.63, 3.8) is 0 Å². The number of benzene rings is 1. The second-order valence-electron chi connectivity index (χ2n) is 5.54. The first kappa shape index (κ1) is 14.7. The van der Waals surface area contributed by atoms with Gasteiger partial charge in [0.2, 0.25) is 0 Å². The second kappa shape index (κ2) is 7.16. The van der Waals surface area contributed by atoms with Crippen LogP contribution in [-0.2, 0) is 6.54 Å². The summed E-state index contributed by atoms with van der Waals surface area (Å²) < 4.78 is 6.21. The molecule has 1 aromatic carbocycles. The van der Waals surface area contributed by atoms with E-state index in [0.717, 1.165) is 35.3 Å². The normalized spacial score (nSPS) is 23.3. The topological polar surface area (TPSA) is 21.3 Å². The Morgan fingerprint density at radius 2 is 2.21 bits per heavy atom. The summed E-state index contributed by atoms with van der Waals surface area (Å²) >= 11 is 6.08. The van der Waals surface area contributed by atoms with Crippen LogP contribution in [-0.4, -0.2) is 12.6 Å².